The Labute approximate surface area is 166 Å². The Morgan fingerprint density at radius 3 is 2.75 bits per heavy atom. The number of para-hydroxylation sites is 1. The summed E-state index contributed by atoms with van der Waals surface area (Å²) in [6, 6.07) is 15.9. The molecule has 0 radical (unpaired) electrons. The van der Waals surface area contributed by atoms with E-state index in [1.165, 1.54) is 5.56 Å². The van der Waals surface area contributed by atoms with Gasteiger partial charge in [-0.25, -0.2) is 0 Å². The Kier molecular flexibility index (Phi) is 6.89. The topological polar surface area (TPSA) is 74.8 Å². The second-order valence-corrected chi connectivity index (χ2v) is 6.84. The third-order valence-electron chi connectivity index (χ3n) is 4.60. The van der Waals surface area contributed by atoms with Crippen LogP contribution in [0.25, 0.3) is 0 Å². The zero-order chi connectivity index (χ0) is 19.8. The SMILES string of the molecule is CCNC(=NCC1CC(=O)Nc2ccccc21)NCCOc1ccc(C)cc1. The lowest BCUT2D eigenvalue weighted by Crippen LogP contribution is -2.39. The highest BCUT2D eigenvalue weighted by Gasteiger charge is 2.24. The number of nitrogens with zero attached hydrogens (tertiary/aromatic N) is 1. The lowest BCUT2D eigenvalue weighted by atomic mass is 9.91. The normalized spacial score (nSPS) is 16.1. The van der Waals surface area contributed by atoms with E-state index in [1.54, 1.807) is 0 Å². The minimum absolute atomic E-state index is 0.0448. The molecule has 0 spiro atoms. The molecule has 0 aliphatic carbocycles. The summed E-state index contributed by atoms with van der Waals surface area (Å²) in [5, 5.41) is 9.47. The van der Waals surface area contributed by atoms with Crippen molar-refractivity contribution in [2.45, 2.75) is 26.2 Å². The molecular weight excluding hydrogens is 352 g/mol. The highest BCUT2D eigenvalue weighted by Crippen LogP contribution is 2.31. The fourth-order valence-corrected chi connectivity index (χ4v) is 3.18. The molecule has 3 N–H and O–H groups in total. The predicted molar refractivity (Wildman–Crippen MR) is 113 cm³/mol. The molecule has 0 fully saturated rings. The number of carbonyl (C=O) groups excluding carboxylic acids is 1. The number of benzene rings is 2. The summed E-state index contributed by atoms with van der Waals surface area (Å²) in [5.74, 6) is 1.73. The number of hydrogen-bond donors (Lipinski definition) is 3. The van der Waals surface area contributed by atoms with Crippen LogP contribution in [-0.4, -0.2) is 38.1 Å². The van der Waals surface area contributed by atoms with E-state index in [0.29, 0.717) is 26.1 Å². The van der Waals surface area contributed by atoms with E-state index in [0.717, 1.165) is 29.5 Å². The molecule has 0 saturated heterocycles. The van der Waals surface area contributed by atoms with Gasteiger partial charge in [0, 0.05) is 24.6 Å². The van der Waals surface area contributed by atoms with Gasteiger partial charge in [0.15, 0.2) is 5.96 Å². The van der Waals surface area contributed by atoms with Gasteiger partial charge in [0.25, 0.3) is 0 Å². The van der Waals surface area contributed by atoms with Crippen molar-refractivity contribution in [3.05, 3.63) is 59.7 Å². The molecule has 1 aliphatic rings. The molecule has 28 heavy (non-hydrogen) atoms. The molecule has 148 valence electrons. The number of hydrogen-bond acceptors (Lipinski definition) is 3. The van der Waals surface area contributed by atoms with E-state index in [2.05, 4.69) is 33.9 Å². The second kappa shape index (κ2) is 9.78. The lowest BCUT2D eigenvalue weighted by molar-refractivity contribution is -0.116. The van der Waals surface area contributed by atoms with Gasteiger partial charge in [-0.2, -0.15) is 0 Å². The molecule has 1 unspecified atom stereocenters. The van der Waals surface area contributed by atoms with Gasteiger partial charge < -0.3 is 20.7 Å². The Hall–Kier alpha value is -3.02. The van der Waals surface area contributed by atoms with E-state index >= 15 is 0 Å². The summed E-state index contributed by atoms with van der Waals surface area (Å²) in [4.78, 5) is 16.7. The second-order valence-electron chi connectivity index (χ2n) is 6.84. The molecule has 1 aliphatic heterocycles. The highest BCUT2D eigenvalue weighted by atomic mass is 16.5. The maximum atomic E-state index is 12.0. The Bertz CT molecular complexity index is 818. The zero-order valence-electron chi connectivity index (χ0n) is 16.5. The zero-order valence-corrected chi connectivity index (χ0v) is 16.5. The lowest BCUT2D eigenvalue weighted by Gasteiger charge is -2.24. The predicted octanol–water partition coefficient (Wildman–Crippen LogP) is 3.05. The van der Waals surface area contributed by atoms with E-state index in [9.17, 15) is 4.79 Å². The van der Waals surface area contributed by atoms with Gasteiger partial charge >= 0.3 is 0 Å². The van der Waals surface area contributed by atoms with Gasteiger partial charge in [0.2, 0.25) is 5.91 Å². The third-order valence-corrected chi connectivity index (χ3v) is 4.60. The van der Waals surface area contributed by atoms with Gasteiger partial charge in [-0.15, -0.1) is 0 Å². The average Bonchev–Trinajstić information content (AvgIpc) is 2.70. The van der Waals surface area contributed by atoms with E-state index in [1.807, 2.05) is 49.4 Å². The van der Waals surface area contributed by atoms with Crippen molar-refractivity contribution in [1.29, 1.82) is 0 Å². The number of amides is 1. The molecule has 1 atom stereocenters. The smallest absolute Gasteiger partial charge is 0.225 e. The minimum Gasteiger partial charge on any atom is -0.492 e. The van der Waals surface area contributed by atoms with Crippen LogP contribution in [0.15, 0.2) is 53.5 Å². The number of aliphatic imine (C=N–C) groups is 1. The van der Waals surface area contributed by atoms with Crippen molar-refractivity contribution in [3.63, 3.8) is 0 Å². The summed E-state index contributed by atoms with van der Waals surface area (Å²) in [7, 11) is 0. The fourth-order valence-electron chi connectivity index (χ4n) is 3.18. The van der Waals surface area contributed by atoms with Crippen LogP contribution >= 0.6 is 0 Å². The Morgan fingerprint density at radius 2 is 1.96 bits per heavy atom. The summed E-state index contributed by atoms with van der Waals surface area (Å²) in [5.41, 5.74) is 3.25. The van der Waals surface area contributed by atoms with Crippen molar-refractivity contribution < 1.29 is 9.53 Å². The van der Waals surface area contributed by atoms with Crippen LogP contribution in [-0.2, 0) is 4.79 Å². The molecule has 1 heterocycles. The molecule has 2 aromatic rings. The maximum absolute atomic E-state index is 12.0. The number of anilines is 1. The maximum Gasteiger partial charge on any atom is 0.225 e. The number of rotatable bonds is 7. The largest absolute Gasteiger partial charge is 0.492 e. The van der Waals surface area contributed by atoms with E-state index < -0.39 is 0 Å². The highest BCUT2D eigenvalue weighted by molar-refractivity contribution is 5.94. The number of aryl methyl sites for hydroxylation is 1. The first-order chi connectivity index (χ1) is 13.7. The molecule has 3 rings (SSSR count). The van der Waals surface area contributed by atoms with Crippen LogP contribution in [0.3, 0.4) is 0 Å². The number of fused-ring (bicyclic) bond motifs is 1. The van der Waals surface area contributed by atoms with Crippen LogP contribution in [0, 0.1) is 6.92 Å². The van der Waals surface area contributed by atoms with Crippen LogP contribution in [0.5, 0.6) is 5.75 Å². The van der Waals surface area contributed by atoms with E-state index in [4.69, 9.17) is 4.74 Å². The summed E-state index contributed by atoms with van der Waals surface area (Å²) < 4.78 is 5.75. The fraction of sp³-hybridized carbons (Fsp3) is 0.364. The molecule has 2 aromatic carbocycles. The van der Waals surface area contributed by atoms with Crippen LogP contribution in [0.2, 0.25) is 0 Å². The summed E-state index contributed by atoms with van der Waals surface area (Å²) in [6.45, 7) is 6.59. The monoisotopic (exact) mass is 380 g/mol. The molecule has 6 nitrogen and oxygen atoms in total. The van der Waals surface area contributed by atoms with Gasteiger partial charge in [0.1, 0.15) is 12.4 Å². The first-order valence-corrected chi connectivity index (χ1v) is 9.76. The van der Waals surface area contributed by atoms with Crippen LogP contribution < -0.4 is 20.7 Å². The standard InChI is InChI=1S/C22H28N4O2/c1-3-23-22(24-12-13-28-18-10-8-16(2)9-11-18)25-15-17-14-21(27)26-20-7-5-4-6-19(17)20/h4-11,17H,3,12-15H2,1-2H3,(H,26,27)(H2,23,24,25). The van der Waals surface area contributed by atoms with Crippen molar-refractivity contribution in [1.82, 2.24) is 10.6 Å². The number of carbonyl (C=O) groups is 1. The molecular formula is C22H28N4O2. The van der Waals surface area contributed by atoms with Gasteiger partial charge in [-0.05, 0) is 37.6 Å². The quantitative estimate of drug-likeness (QED) is 0.392. The molecule has 1 amide bonds. The molecule has 0 saturated carbocycles. The third kappa shape index (κ3) is 5.49. The van der Waals surface area contributed by atoms with Gasteiger partial charge in [-0.3, -0.25) is 9.79 Å². The first kappa shape index (κ1) is 19.7. The van der Waals surface area contributed by atoms with E-state index in [-0.39, 0.29) is 11.8 Å². The van der Waals surface area contributed by atoms with Gasteiger partial charge in [-0.1, -0.05) is 35.9 Å². The minimum atomic E-state index is 0.0448. The van der Waals surface area contributed by atoms with Crippen molar-refractivity contribution in [2.24, 2.45) is 4.99 Å². The van der Waals surface area contributed by atoms with Crippen molar-refractivity contribution >= 4 is 17.6 Å². The Morgan fingerprint density at radius 1 is 1.18 bits per heavy atom. The van der Waals surface area contributed by atoms with Gasteiger partial charge in [0.05, 0.1) is 13.1 Å². The average molecular weight is 380 g/mol. The summed E-state index contributed by atoms with van der Waals surface area (Å²) >= 11 is 0. The van der Waals surface area contributed by atoms with Crippen LogP contribution in [0.1, 0.15) is 30.4 Å². The number of ether oxygens (including phenoxy) is 1. The molecule has 6 heteroatoms. The van der Waals surface area contributed by atoms with Crippen LogP contribution in [0.4, 0.5) is 5.69 Å². The molecule has 0 bridgehead atoms. The number of nitrogens with one attached hydrogen (secondary N) is 3. The Balaban J connectivity index is 1.54. The van der Waals surface area contributed by atoms with Crippen molar-refractivity contribution in [3.8, 4) is 5.75 Å². The molecule has 0 aromatic heterocycles. The van der Waals surface area contributed by atoms with Crippen molar-refractivity contribution in [2.75, 3.05) is 31.6 Å². The first-order valence-electron chi connectivity index (χ1n) is 9.76. The summed E-state index contributed by atoms with van der Waals surface area (Å²) in [6.07, 6.45) is 0.455. The number of guanidine groups is 1.